The van der Waals surface area contributed by atoms with Gasteiger partial charge in [0.15, 0.2) is 8.07 Å². The van der Waals surface area contributed by atoms with Crippen molar-refractivity contribution in [1.82, 2.24) is 0 Å². The van der Waals surface area contributed by atoms with Crippen LogP contribution in [0.2, 0.25) is 0 Å². The number of fused-ring (bicyclic) bond motifs is 6. The number of aryl methyl sites for hydroxylation is 1. The summed E-state index contributed by atoms with van der Waals surface area (Å²) in [4.78, 5) is 3.77. The summed E-state index contributed by atoms with van der Waals surface area (Å²) >= 11 is 1.95. The van der Waals surface area contributed by atoms with E-state index < -0.39 is 8.07 Å². The average Bonchev–Trinajstić information content (AvgIpc) is 4.05. The van der Waals surface area contributed by atoms with Crippen LogP contribution in [0.15, 0.2) is 211 Å². The summed E-state index contributed by atoms with van der Waals surface area (Å²) in [5, 5.41) is 7.39. The van der Waals surface area contributed by atoms with Crippen molar-refractivity contribution in [1.29, 1.82) is 0 Å². The Bertz CT molecular complexity index is 3650. The van der Waals surface area contributed by atoms with Gasteiger partial charge in [-0.3, -0.25) is 0 Å². The first kappa shape index (κ1) is 51.7. The van der Waals surface area contributed by atoms with E-state index in [0.29, 0.717) is 11.8 Å². The summed E-state index contributed by atoms with van der Waals surface area (Å²) in [5.41, 5.74) is 17.6. The molecule has 3 heteroatoms. The number of anilines is 3. The molecule has 0 bridgehead atoms. The molecule has 0 spiro atoms. The van der Waals surface area contributed by atoms with Gasteiger partial charge >= 0.3 is 0 Å². The largest absolute Gasteiger partial charge is 0.310 e. The number of nitrogens with zero attached hydrogens (tertiary/aromatic N) is 1. The van der Waals surface area contributed by atoms with E-state index in [1.807, 2.05) is 11.3 Å². The van der Waals surface area contributed by atoms with Crippen LogP contribution in [-0.4, -0.2) is 8.07 Å². The quantitative estimate of drug-likeness (QED) is 0.0975. The molecule has 8 aromatic rings. The average molecular weight is 1050 g/mol. The molecule has 78 heavy (non-hydrogen) atoms. The molecule has 0 fully saturated rings. The van der Waals surface area contributed by atoms with E-state index in [9.17, 15) is 0 Å². The highest BCUT2D eigenvalue weighted by atomic mass is 32.1. The molecule has 1 heterocycles. The molecule has 0 amide bonds. The van der Waals surface area contributed by atoms with E-state index in [1.165, 1.54) is 97.1 Å². The zero-order valence-corrected chi connectivity index (χ0v) is 49.1. The first-order valence-electron chi connectivity index (χ1n) is 28.6. The minimum absolute atomic E-state index is 0.0839. The first-order chi connectivity index (χ1) is 37.5. The van der Waals surface area contributed by atoms with Crippen molar-refractivity contribution in [3.05, 3.63) is 254 Å². The Balaban J connectivity index is 0.817. The molecule has 4 aliphatic rings. The van der Waals surface area contributed by atoms with Crippen LogP contribution in [0.3, 0.4) is 0 Å². The second-order valence-corrected chi connectivity index (χ2v) is 30.6. The molecule has 2 unspecified atom stereocenters. The summed E-state index contributed by atoms with van der Waals surface area (Å²) in [6, 6.07) is 62.3. The third-order valence-corrected chi connectivity index (χ3v) is 23.6. The lowest BCUT2D eigenvalue weighted by atomic mass is 9.77. The highest BCUT2D eigenvalue weighted by molar-refractivity contribution is 7.20. The van der Waals surface area contributed by atoms with Crippen LogP contribution in [0.4, 0.5) is 17.1 Å². The van der Waals surface area contributed by atoms with Crippen LogP contribution in [0, 0.1) is 22.7 Å². The maximum absolute atomic E-state index is 2.71. The fourth-order valence-corrected chi connectivity index (χ4v) is 19.0. The molecule has 4 aliphatic carbocycles. The predicted molar refractivity (Wildman–Crippen MR) is 342 cm³/mol. The van der Waals surface area contributed by atoms with E-state index >= 15 is 0 Å². The third kappa shape index (κ3) is 9.83. The zero-order valence-electron chi connectivity index (χ0n) is 47.3. The van der Waals surface area contributed by atoms with Crippen molar-refractivity contribution in [3.63, 3.8) is 0 Å². The minimum atomic E-state index is -2.71. The molecule has 7 aromatic carbocycles. The molecule has 1 nitrogen and oxygen atoms in total. The molecule has 12 rings (SSSR count). The molecular weight excluding hydrogens is 975 g/mol. The van der Waals surface area contributed by atoms with Crippen LogP contribution in [0.5, 0.6) is 0 Å². The minimum Gasteiger partial charge on any atom is -0.310 e. The molecule has 0 radical (unpaired) electrons. The van der Waals surface area contributed by atoms with Crippen LogP contribution >= 0.6 is 11.3 Å². The Morgan fingerprint density at radius 3 is 1.62 bits per heavy atom. The van der Waals surface area contributed by atoms with Gasteiger partial charge in [-0.05, 0) is 191 Å². The molecule has 0 saturated carbocycles. The van der Waals surface area contributed by atoms with Crippen molar-refractivity contribution >= 4 is 80.7 Å². The number of allylic oxidation sites excluding steroid dienone is 9. The lowest BCUT2D eigenvalue weighted by Crippen LogP contribution is -2.62. The Labute approximate surface area is 470 Å². The standard InChI is InChI=1S/C75H75NSSi/c1-73(2,3)57-27-36-64(37-28-57)78(65-38-29-58(30-39-65)74(4,5)6,66-40-31-59(32-41-66)75(7,8)9)63-34-24-53(25-35-63)54-26-44-70-69-43-23-52(47-71(69)77-72(70)50-54)21-20-51-22-42-67-55(46-51)48-56-49-62(33-45-68(56)67)76(60-16-12-10-13-17-60)61-18-14-11-15-19-61/h10-25,27-29,31,33-43,45-47,49-50,58-59H,26,30,32,44,48H2,1-9H3. The van der Waals surface area contributed by atoms with Gasteiger partial charge in [-0.25, -0.2) is 0 Å². The number of benzene rings is 7. The van der Waals surface area contributed by atoms with Gasteiger partial charge in [-0.15, -0.1) is 11.3 Å². The maximum atomic E-state index is 2.64. The number of rotatable bonds is 10. The van der Waals surface area contributed by atoms with E-state index in [0.717, 1.165) is 43.5 Å². The zero-order chi connectivity index (χ0) is 54.0. The smallest absolute Gasteiger partial charge is 0.178 e. The molecule has 2 atom stereocenters. The van der Waals surface area contributed by atoms with Gasteiger partial charge < -0.3 is 4.90 Å². The van der Waals surface area contributed by atoms with E-state index in [-0.39, 0.29) is 16.2 Å². The number of para-hydroxylation sites is 2. The second-order valence-electron chi connectivity index (χ2n) is 25.8. The topological polar surface area (TPSA) is 3.24 Å². The third-order valence-electron chi connectivity index (χ3n) is 17.6. The summed E-state index contributed by atoms with van der Waals surface area (Å²) in [6.45, 7) is 21.3. The Morgan fingerprint density at radius 1 is 0.526 bits per heavy atom. The SMILES string of the molecule is CC(C)(C)c1ccc([Si](C2=CCC(C(C)(C)C)C=C2)(C2=CCC(C(C)(C)C)C=C2)c2ccc(C3=Cc4sc5cc(C=Cc6ccc7c(c6)Cc6cc(N(c8ccccc8)c8ccccc8)ccc6-7)ccc5c4CC3)cc2)cc1. The van der Waals surface area contributed by atoms with Crippen molar-refractivity contribution in [3.8, 4) is 11.1 Å². The summed E-state index contributed by atoms with van der Waals surface area (Å²) in [7, 11) is -2.71. The van der Waals surface area contributed by atoms with Gasteiger partial charge in [0.1, 0.15) is 0 Å². The van der Waals surface area contributed by atoms with Crippen LogP contribution in [-0.2, 0) is 18.3 Å². The Kier molecular flexibility index (Phi) is 13.5. The molecule has 0 N–H and O–H groups in total. The van der Waals surface area contributed by atoms with Crippen molar-refractivity contribution in [2.24, 2.45) is 22.7 Å². The van der Waals surface area contributed by atoms with Crippen LogP contribution in [0.25, 0.3) is 45.0 Å². The summed E-state index contributed by atoms with van der Waals surface area (Å²) in [6.07, 6.45) is 27.7. The highest BCUT2D eigenvalue weighted by Crippen LogP contribution is 2.45. The maximum Gasteiger partial charge on any atom is 0.178 e. The molecule has 0 aliphatic heterocycles. The van der Waals surface area contributed by atoms with E-state index in [1.54, 1.807) is 0 Å². The van der Waals surface area contributed by atoms with E-state index in [4.69, 9.17) is 0 Å². The Hall–Kier alpha value is -7.04. The molecular formula is C75H75NSSi. The van der Waals surface area contributed by atoms with E-state index in [2.05, 4.69) is 286 Å². The lowest BCUT2D eigenvalue weighted by Gasteiger charge is -2.41. The van der Waals surface area contributed by atoms with Gasteiger partial charge in [0.2, 0.25) is 0 Å². The van der Waals surface area contributed by atoms with Crippen molar-refractivity contribution in [2.45, 2.75) is 99.8 Å². The molecule has 390 valence electrons. The monoisotopic (exact) mass is 1050 g/mol. The van der Waals surface area contributed by atoms with Crippen molar-refractivity contribution < 1.29 is 0 Å². The van der Waals surface area contributed by atoms with Crippen LogP contribution < -0.4 is 15.3 Å². The fourth-order valence-electron chi connectivity index (χ4n) is 12.9. The molecule has 1 aromatic heterocycles. The van der Waals surface area contributed by atoms with Crippen LogP contribution in [0.1, 0.15) is 125 Å². The number of hydrogen-bond acceptors (Lipinski definition) is 2. The van der Waals surface area contributed by atoms with Gasteiger partial charge in [0.25, 0.3) is 0 Å². The normalized spacial score (nSPS) is 18.0. The lowest BCUT2D eigenvalue weighted by molar-refractivity contribution is 0.293. The van der Waals surface area contributed by atoms with Gasteiger partial charge in [0.05, 0.1) is 0 Å². The van der Waals surface area contributed by atoms with Crippen molar-refractivity contribution in [2.75, 3.05) is 4.90 Å². The Morgan fingerprint density at radius 2 is 1.06 bits per heavy atom. The predicted octanol–water partition coefficient (Wildman–Crippen LogP) is 19.6. The number of hydrogen-bond donors (Lipinski definition) is 0. The summed E-state index contributed by atoms with van der Waals surface area (Å²) < 4.78 is 1.37. The highest BCUT2D eigenvalue weighted by Gasteiger charge is 2.45. The van der Waals surface area contributed by atoms with Gasteiger partial charge in [-0.1, -0.05) is 232 Å². The fraction of sp³-hybridized carbons (Fsp3) is 0.253. The number of thiophene rings is 1. The first-order valence-corrected chi connectivity index (χ1v) is 31.4. The molecule has 0 saturated heterocycles. The second kappa shape index (κ2) is 20.3. The van der Waals surface area contributed by atoms with Gasteiger partial charge in [-0.2, -0.15) is 0 Å². The van der Waals surface area contributed by atoms with Gasteiger partial charge in [0, 0.05) is 26.6 Å². The summed E-state index contributed by atoms with van der Waals surface area (Å²) in [5.74, 6) is 1.04.